The summed E-state index contributed by atoms with van der Waals surface area (Å²) >= 11 is 0. The second kappa shape index (κ2) is 8.88. The van der Waals surface area contributed by atoms with E-state index in [1.165, 1.54) is 6.92 Å². The lowest BCUT2D eigenvalue weighted by Crippen LogP contribution is -2.08. The van der Waals surface area contributed by atoms with Crippen LogP contribution in [0.15, 0.2) is 78.9 Å². The highest BCUT2D eigenvalue weighted by molar-refractivity contribution is 6.11. The number of hydrogen-bond donors (Lipinski definition) is 0. The van der Waals surface area contributed by atoms with E-state index in [4.69, 9.17) is 9.47 Å². The van der Waals surface area contributed by atoms with Gasteiger partial charge in [-0.05, 0) is 36.2 Å². The fourth-order valence-electron chi connectivity index (χ4n) is 3.80. The number of esters is 2. The zero-order chi connectivity index (χ0) is 21.8. The van der Waals surface area contributed by atoms with E-state index in [9.17, 15) is 9.59 Å². The summed E-state index contributed by atoms with van der Waals surface area (Å²) in [6.07, 6.45) is 0. The molecule has 0 aliphatic heterocycles. The summed E-state index contributed by atoms with van der Waals surface area (Å²) in [5.41, 5.74) is 4.12. The molecule has 0 aliphatic rings. The molecule has 0 spiro atoms. The minimum absolute atomic E-state index is 0.266. The summed E-state index contributed by atoms with van der Waals surface area (Å²) in [5.74, 6) is -0.427. The molecule has 4 rings (SSSR count). The van der Waals surface area contributed by atoms with Gasteiger partial charge < -0.3 is 14.0 Å². The van der Waals surface area contributed by atoms with Crippen LogP contribution in [-0.4, -0.2) is 23.1 Å². The Kier molecular flexibility index (Phi) is 5.85. The SMILES string of the molecule is CCOC(=O)c1c(-c2ccccc2)n(Cc2ccccc2)c2ccc(OC(C)=O)cc12. The zero-order valence-corrected chi connectivity index (χ0v) is 17.5. The number of rotatable bonds is 6. The van der Waals surface area contributed by atoms with E-state index in [1.807, 2.05) is 54.6 Å². The lowest BCUT2D eigenvalue weighted by Gasteiger charge is -2.13. The van der Waals surface area contributed by atoms with Gasteiger partial charge in [-0.3, -0.25) is 4.79 Å². The monoisotopic (exact) mass is 413 g/mol. The third kappa shape index (κ3) is 4.21. The van der Waals surface area contributed by atoms with E-state index >= 15 is 0 Å². The van der Waals surface area contributed by atoms with Crippen LogP contribution in [0.25, 0.3) is 22.2 Å². The van der Waals surface area contributed by atoms with E-state index in [1.54, 1.807) is 19.1 Å². The van der Waals surface area contributed by atoms with Gasteiger partial charge in [-0.1, -0.05) is 60.7 Å². The lowest BCUT2D eigenvalue weighted by molar-refractivity contribution is -0.131. The predicted molar refractivity (Wildman–Crippen MR) is 120 cm³/mol. The van der Waals surface area contributed by atoms with Crippen molar-refractivity contribution in [1.82, 2.24) is 4.57 Å². The summed E-state index contributed by atoms with van der Waals surface area (Å²) < 4.78 is 12.8. The van der Waals surface area contributed by atoms with Crippen molar-refractivity contribution < 1.29 is 19.1 Å². The topological polar surface area (TPSA) is 57.5 Å². The molecule has 0 radical (unpaired) electrons. The smallest absolute Gasteiger partial charge is 0.340 e. The van der Waals surface area contributed by atoms with Gasteiger partial charge in [0.1, 0.15) is 5.75 Å². The van der Waals surface area contributed by atoms with Crippen molar-refractivity contribution in [2.45, 2.75) is 20.4 Å². The maximum Gasteiger partial charge on any atom is 0.340 e. The molecule has 5 heteroatoms. The van der Waals surface area contributed by atoms with E-state index in [2.05, 4.69) is 16.7 Å². The van der Waals surface area contributed by atoms with Crippen molar-refractivity contribution in [2.75, 3.05) is 6.61 Å². The number of carbonyl (C=O) groups is 2. The molecule has 0 N–H and O–H groups in total. The first-order chi connectivity index (χ1) is 15.1. The Hall–Kier alpha value is -3.86. The van der Waals surface area contributed by atoms with Gasteiger partial charge in [0.05, 0.1) is 17.9 Å². The molecule has 31 heavy (non-hydrogen) atoms. The van der Waals surface area contributed by atoms with Gasteiger partial charge in [0.25, 0.3) is 0 Å². The van der Waals surface area contributed by atoms with Gasteiger partial charge in [0.15, 0.2) is 0 Å². The van der Waals surface area contributed by atoms with Crippen molar-refractivity contribution in [3.63, 3.8) is 0 Å². The molecule has 0 bridgehead atoms. The van der Waals surface area contributed by atoms with Crippen LogP contribution in [0.3, 0.4) is 0 Å². The molecule has 1 aromatic heterocycles. The number of hydrogen-bond acceptors (Lipinski definition) is 4. The Morgan fingerprint density at radius 1 is 0.903 bits per heavy atom. The number of carbonyl (C=O) groups excluding carboxylic acids is 2. The van der Waals surface area contributed by atoms with Crippen LogP contribution in [0.4, 0.5) is 0 Å². The third-order valence-corrected chi connectivity index (χ3v) is 5.01. The molecule has 4 aromatic rings. The van der Waals surface area contributed by atoms with Crippen molar-refractivity contribution in [1.29, 1.82) is 0 Å². The predicted octanol–water partition coefficient (Wildman–Crippen LogP) is 5.46. The molecule has 5 nitrogen and oxygen atoms in total. The number of ether oxygens (including phenoxy) is 2. The van der Waals surface area contributed by atoms with Crippen LogP contribution in [0.2, 0.25) is 0 Å². The molecule has 0 saturated heterocycles. The summed E-state index contributed by atoms with van der Waals surface area (Å²) in [4.78, 5) is 24.6. The Bertz CT molecular complexity index is 1230. The molecular formula is C26H23NO4. The van der Waals surface area contributed by atoms with Crippen molar-refractivity contribution in [3.05, 3.63) is 90.0 Å². The quantitative estimate of drug-likeness (QED) is 0.311. The van der Waals surface area contributed by atoms with Crippen LogP contribution >= 0.6 is 0 Å². The molecule has 3 aromatic carbocycles. The summed E-state index contributed by atoms with van der Waals surface area (Å²) in [7, 11) is 0. The number of benzene rings is 3. The van der Waals surface area contributed by atoms with E-state index in [0.717, 1.165) is 22.3 Å². The Morgan fingerprint density at radius 2 is 1.58 bits per heavy atom. The first kappa shape index (κ1) is 20.4. The van der Waals surface area contributed by atoms with E-state index < -0.39 is 11.9 Å². The van der Waals surface area contributed by atoms with Gasteiger partial charge in [-0.2, -0.15) is 0 Å². The fourth-order valence-corrected chi connectivity index (χ4v) is 3.80. The maximum atomic E-state index is 13.1. The minimum Gasteiger partial charge on any atom is -0.462 e. The first-order valence-electron chi connectivity index (χ1n) is 10.2. The van der Waals surface area contributed by atoms with Gasteiger partial charge >= 0.3 is 11.9 Å². The highest BCUT2D eigenvalue weighted by atomic mass is 16.5. The van der Waals surface area contributed by atoms with Crippen molar-refractivity contribution in [3.8, 4) is 17.0 Å². The minimum atomic E-state index is -0.413. The molecule has 0 unspecified atom stereocenters. The summed E-state index contributed by atoms with van der Waals surface area (Å²) in [5, 5.41) is 0.687. The number of nitrogens with zero attached hydrogens (tertiary/aromatic N) is 1. The molecule has 0 aliphatic carbocycles. The van der Waals surface area contributed by atoms with Crippen molar-refractivity contribution >= 4 is 22.8 Å². The Balaban J connectivity index is 2.02. The van der Waals surface area contributed by atoms with Crippen molar-refractivity contribution in [2.24, 2.45) is 0 Å². The van der Waals surface area contributed by atoms with Crippen LogP contribution in [-0.2, 0) is 16.1 Å². The van der Waals surface area contributed by atoms with Gasteiger partial charge in [-0.15, -0.1) is 0 Å². The van der Waals surface area contributed by atoms with Gasteiger partial charge in [0, 0.05) is 24.4 Å². The highest BCUT2D eigenvalue weighted by Gasteiger charge is 2.25. The second-order valence-electron chi connectivity index (χ2n) is 7.15. The first-order valence-corrected chi connectivity index (χ1v) is 10.2. The standard InChI is InChI=1S/C26H23NO4/c1-3-30-26(29)24-22-16-21(31-18(2)28)14-15-23(22)27(17-19-10-6-4-7-11-19)25(24)20-12-8-5-9-13-20/h4-16H,3,17H2,1-2H3. The summed E-state index contributed by atoms with van der Waals surface area (Å²) in [6, 6.07) is 25.2. The van der Waals surface area contributed by atoms with Crippen LogP contribution in [0, 0.1) is 0 Å². The Labute approximate surface area is 180 Å². The van der Waals surface area contributed by atoms with Crippen LogP contribution in [0.5, 0.6) is 5.75 Å². The number of fused-ring (bicyclic) bond motifs is 1. The normalized spacial score (nSPS) is 10.8. The lowest BCUT2D eigenvalue weighted by atomic mass is 10.0. The molecule has 0 fully saturated rings. The average molecular weight is 413 g/mol. The average Bonchev–Trinajstić information content (AvgIpc) is 3.08. The van der Waals surface area contributed by atoms with Crippen LogP contribution in [0.1, 0.15) is 29.8 Å². The largest absolute Gasteiger partial charge is 0.462 e. The van der Waals surface area contributed by atoms with Gasteiger partial charge in [0.2, 0.25) is 0 Å². The molecule has 1 heterocycles. The molecule has 0 atom stereocenters. The third-order valence-electron chi connectivity index (χ3n) is 5.01. The zero-order valence-electron chi connectivity index (χ0n) is 17.5. The Morgan fingerprint density at radius 3 is 2.23 bits per heavy atom. The molecule has 0 saturated carbocycles. The van der Waals surface area contributed by atoms with E-state index in [-0.39, 0.29) is 6.61 Å². The second-order valence-corrected chi connectivity index (χ2v) is 7.15. The molecule has 0 amide bonds. The molecular weight excluding hydrogens is 390 g/mol. The van der Waals surface area contributed by atoms with Gasteiger partial charge in [-0.25, -0.2) is 4.79 Å². The number of aromatic nitrogens is 1. The van der Waals surface area contributed by atoms with E-state index in [0.29, 0.717) is 23.2 Å². The maximum absolute atomic E-state index is 13.1. The van der Waals surface area contributed by atoms with Crippen LogP contribution < -0.4 is 4.74 Å². The molecule has 156 valence electrons. The highest BCUT2D eigenvalue weighted by Crippen LogP contribution is 2.37. The fraction of sp³-hybridized carbons (Fsp3) is 0.154. The summed E-state index contributed by atoms with van der Waals surface area (Å²) in [6.45, 7) is 3.98.